The minimum absolute atomic E-state index is 0.205. The number of nitrogens with one attached hydrogen (secondary N) is 2. The number of carbonyl (C=O) groups excluding carboxylic acids is 4. The summed E-state index contributed by atoms with van der Waals surface area (Å²) in [5.74, 6) is -1.97. The fourth-order valence-corrected chi connectivity index (χ4v) is 1.41. The zero-order valence-electron chi connectivity index (χ0n) is 11.8. The molecule has 1 unspecified atom stereocenters. The molecule has 0 aromatic carbocycles. The van der Waals surface area contributed by atoms with Crippen LogP contribution in [0, 0.1) is 0 Å². The number of alkyl carbamates (subject to hydrolysis) is 1. The van der Waals surface area contributed by atoms with Gasteiger partial charge in [0.15, 0.2) is 6.10 Å². The maximum Gasteiger partial charge on any atom is 0.408 e. The topological polar surface area (TPSA) is 111 Å². The van der Waals surface area contributed by atoms with E-state index in [1.165, 1.54) is 6.92 Å². The molecule has 0 aliphatic carbocycles. The Bertz CT molecular complexity index is 440. The molecule has 8 heteroatoms. The molecule has 0 radical (unpaired) electrons. The number of amides is 3. The minimum Gasteiger partial charge on any atom is -0.450 e. The molecule has 1 fully saturated rings. The van der Waals surface area contributed by atoms with Gasteiger partial charge >= 0.3 is 12.1 Å². The van der Waals surface area contributed by atoms with Crippen molar-refractivity contribution in [1.82, 2.24) is 10.6 Å². The zero-order chi connectivity index (χ0) is 15.5. The normalized spacial score (nSPS) is 20.1. The average molecular weight is 286 g/mol. The highest BCUT2D eigenvalue weighted by molar-refractivity contribution is 6.05. The maximum atomic E-state index is 11.7. The van der Waals surface area contributed by atoms with Crippen LogP contribution in [-0.4, -0.2) is 41.6 Å². The first-order valence-corrected chi connectivity index (χ1v) is 6.12. The van der Waals surface area contributed by atoms with Crippen molar-refractivity contribution < 1.29 is 28.7 Å². The van der Waals surface area contributed by atoms with Gasteiger partial charge in [0.05, 0.1) is 6.42 Å². The van der Waals surface area contributed by atoms with Crippen molar-refractivity contribution in [2.45, 2.75) is 51.9 Å². The second-order valence-corrected chi connectivity index (χ2v) is 5.41. The first kappa shape index (κ1) is 15.9. The molecule has 1 aliphatic rings. The van der Waals surface area contributed by atoms with Crippen LogP contribution in [0.25, 0.3) is 0 Å². The van der Waals surface area contributed by atoms with Crippen LogP contribution < -0.4 is 10.6 Å². The van der Waals surface area contributed by atoms with Gasteiger partial charge in [0.2, 0.25) is 5.91 Å². The van der Waals surface area contributed by atoms with Crippen LogP contribution in [0.2, 0.25) is 0 Å². The van der Waals surface area contributed by atoms with Gasteiger partial charge in [-0.05, 0) is 27.7 Å². The lowest BCUT2D eigenvalue weighted by Crippen LogP contribution is -2.44. The third kappa shape index (κ3) is 4.87. The van der Waals surface area contributed by atoms with Crippen LogP contribution in [0.5, 0.6) is 0 Å². The molecule has 2 atom stereocenters. The van der Waals surface area contributed by atoms with E-state index in [4.69, 9.17) is 9.47 Å². The van der Waals surface area contributed by atoms with E-state index in [2.05, 4.69) is 5.32 Å². The van der Waals surface area contributed by atoms with E-state index < -0.39 is 41.6 Å². The molecule has 0 saturated carbocycles. The Morgan fingerprint density at radius 3 is 2.40 bits per heavy atom. The summed E-state index contributed by atoms with van der Waals surface area (Å²) >= 11 is 0. The molecule has 112 valence electrons. The molecule has 0 bridgehead atoms. The van der Waals surface area contributed by atoms with Crippen LogP contribution in [0.4, 0.5) is 4.79 Å². The quantitative estimate of drug-likeness (QED) is 0.551. The molecule has 3 amide bonds. The van der Waals surface area contributed by atoms with Gasteiger partial charge in [0, 0.05) is 0 Å². The van der Waals surface area contributed by atoms with Gasteiger partial charge in [-0.1, -0.05) is 0 Å². The van der Waals surface area contributed by atoms with Crippen molar-refractivity contribution in [3.8, 4) is 0 Å². The van der Waals surface area contributed by atoms with E-state index in [9.17, 15) is 19.2 Å². The van der Waals surface area contributed by atoms with Crippen LogP contribution >= 0.6 is 0 Å². The summed E-state index contributed by atoms with van der Waals surface area (Å²) in [7, 11) is 0. The molecule has 1 rings (SSSR count). The van der Waals surface area contributed by atoms with Gasteiger partial charge in [-0.3, -0.25) is 14.9 Å². The molecule has 1 aliphatic heterocycles. The monoisotopic (exact) mass is 286 g/mol. The molecular weight excluding hydrogens is 268 g/mol. The van der Waals surface area contributed by atoms with E-state index in [-0.39, 0.29) is 6.42 Å². The first-order chi connectivity index (χ1) is 9.08. The summed E-state index contributed by atoms with van der Waals surface area (Å²) in [6, 6.07) is -0.992. The summed E-state index contributed by atoms with van der Waals surface area (Å²) in [6.07, 6.45) is -2.12. The lowest BCUT2D eigenvalue weighted by molar-refractivity contribution is -0.155. The van der Waals surface area contributed by atoms with Crippen molar-refractivity contribution in [3.63, 3.8) is 0 Å². The molecule has 20 heavy (non-hydrogen) atoms. The Morgan fingerprint density at radius 1 is 1.35 bits per heavy atom. The van der Waals surface area contributed by atoms with Crippen LogP contribution in [-0.2, 0) is 23.9 Å². The highest BCUT2D eigenvalue weighted by Gasteiger charge is 2.35. The van der Waals surface area contributed by atoms with Crippen molar-refractivity contribution in [2.24, 2.45) is 0 Å². The van der Waals surface area contributed by atoms with Crippen molar-refractivity contribution >= 4 is 23.9 Å². The number of hydrogen-bond acceptors (Lipinski definition) is 6. The lowest BCUT2D eigenvalue weighted by Gasteiger charge is -2.21. The highest BCUT2D eigenvalue weighted by atomic mass is 16.6. The molecule has 1 saturated heterocycles. The lowest BCUT2D eigenvalue weighted by atomic mass is 10.2. The zero-order valence-corrected chi connectivity index (χ0v) is 11.8. The standard InChI is InChI=1S/C12H18N2O6/c1-6(13-11(18)20-12(2,3)4)10(17)19-7-5-8(15)14-9(7)16/h6-7H,5H2,1-4H3,(H,13,18)(H,14,15,16)/t6-,7?/m0/s1. The largest absolute Gasteiger partial charge is 0.450 e. The molecule has 8 nitrogen and oxygen atoms in total. The van der Waals surface area contributed by atoms with Gasteiger partial charge in [-0.2, -0.15) is 0 Å². The SMILES string of the molecule is C[C@H](NC(=O)OC(C)(C)C)C(=O)OC1CC(=O)NC1=O. The number of ether oxygens (including phenoxy) is 2. The van der Waals surface area contributed by atoms with Gasteiger partial charge < -0.3 is 14.8 Å². The Morgan fingerprint density at radius 2 is 1.95 bits per heavy atom. The third-order valence-electron chi connectivity index (χ3n) is 2.27. The summed E-state index contributed by atoms with van der Waals surface area (Å²) in [5, 5.41) is 4.30. The van der Waals surface area contributed by atoms with E-state index in [0.717, 1.165) is 0 Å². The highest BCUT2D eigenvalue weighted by Crippen LogP contribution is 2.09. The van der Waals surface area contributed by atoms with Crippen molar-refractivity contribution in [2.75, 3.05) is 0 Å². The fraction of sp³-hybridized carbons (Fsp3) is 0.667. The van der Waals surface area contributed by atoms with E-state index >= 15 is 0 Å². The number of hydrogen-bond donors (Lipinski definition) is 2. The number of imide groups is 1. The van der Waals surface area contributed by atoms with Crippen molar-refractivity contribution in [3.05, 3.63) is 0 Å². The molecule has 1 heterocycles. The molecule has 0 spiro atoms. The summed E-state index contributed by atoms with van der Waals surface area (Å²) in [6.45, 7) is 6.44. The predicted octanol–water partition coefficient (Wildman–Crippen LogP) is -0.142. The Hall–Kier alpha value is -2.12. The molecule has 0 aromatic rings. The van der Waals surface area contributed by atoms with Gasteiger partial charge in [-0.25, -0.2) is 9.59 Å². The fourth-order valence-electron chi connectivity index (χ4n) is 1.41. The summed E-state index contributed by atoms with van der Waals surface area (Å²) in [4.78, 5) is 45.3. The smallest absolute Gasteiger partial charge is 0.408 e. The first-order valence-electron chi connectivity index (χ1n) is 6.12. The van der Waals surface area contributed by atoms with E-state index in [0.29, 0.717) is 0 Å². The van der Waals surface area contributed by atoms with Crippen LogP contribution in [0.1, 0.15) is 34.1 Å². The molecule has 0 aromatic heterocycles. The van der Waals surface area contributed by atoms with Crippen LogP contribution in [0.15, 0.2) is 0 Å². The van der Waals surface area contributed by atoms with Gasteiger partial charge in [0.25, 0.3) is 5.91 Å². The number of rotatable bonds is 3. The molecular formula is C12H18N2O6. The minimum atomic E-state index is -1.14. The van der Waals surface area contributed by atoms with Crippen LogP contribution in [0.3, 0.4) is 0 Å². The Labute approximate surface area is 116 Å². The summed E-state index contributed by atoms with van der Waals surface area (Å²) < 4.78 is 9.82. The Kier molecular flexibility index (Phi) is 4.69. The predicted molar refractivity (Wildman–Crippen MR) is 66.5 cm³/mol. The van der Waals surface area contributed by atoms with Gasteiger partial charge in [-0.15, -0.1) is 0 Å². The third-order valence-corrected chi connectivity index (χ3v) is 2.27. The second kappa shape index (κ2) is 5.89. The van der Waals surface area contributed by atoms with Crippen molar-refractivity contribution in [1.29, 1.82) is 0 Å². The van der Waals surface area contributed by atoms with E-state index in [1.807, 2.05) is 5.32 Å². The summed E-state index contributed by atoms with van der Waals surface area (Å²) in [5.41, 5.74) is -0.689. The van der Waals surface area contributed by atoms with Gasteiger partial charge in [0.1, 0.15) is 11.6 Å². The second-order valence-electron chi connectivity index (χ2n) is 5.41. The average Bonchev–Trinajstić information content (AvgIpc) is 2.54. The van der Waals surface area contributed by atoms with E-state index in [1.54, 1.807) is 20.8 Å². The molecule has 2 N–H and O–H groups in total. The number of esters is 1. The number of carbonyl (C=O) groups is 4. The Balaban J connectivity index is 2.45. The maximum absolute atomic E-state index is 11.7.